The van der Waals surface area contributed by atoms with E-state index in [1.54, 1.807) is 0 Å². The zero-order chi connectivity index (χ0) is 12.3. The minimum Gasteiger partial charge on any atom is -0.306 e. The first-order chi connectivity index (χ1) is 8.20. The third kappa shape index (κ3) is 3.61. The van der Waals surface area contributed by atoms with Crippen LogP contribution < -0.4 is 5.32 Å². The molecule has 94 valence electrons. The number of hydrogen-bond acceptors (Lipinski definition) is 2. The van der Waals surface area contributed by atoms with Gasteiger partial charge in [-0.25, -0.2) is 0 Å². The fourth-order valence-corrected chi connectivity index (χ4v) is 3.87. The Bertz CT molecular complexity index is 352. The first-order valence-electron chi connectivity index (χ1n) is 6.25. The molecule has 1 nitrogen and oxygen atoms in total. The van der Waals surface area contributed by atoms with Gasteiger partial charge in [-0.05, 0) is 66.3 Å². The fourth-order valence-electron chi connectivity index (χ4n) is 2.57. The topological polar surface area (TPSA) is 12.0 Å². The van der Waals surface area contributed by atoms with Crippen molar-refractivity contribution in [1.29, 1.82) is 0 Å². The molecule has 2 rings (SSSR count). The van der Waals surface area contributed by atoms with Crippen LogP contribution in [0.15, 0.2) is 24.3 Å². The third-order valence-corrected chi connectivity index (χ3v) is 5.48. The highest BCUT2D eigenvalue weighted by Gasteiger charge is 2.27. The SMILES string of the molecule is CSC1CCCC1NC(C)c1ccc(I)cc1. The van der Waals surface area contributed by atoms with E-state index in [2.05, 4.69) is 65.4 Å². The highest BCUT2D eigenvalue weighted by molar-refractivity contribution is 14.1. The molecule has 0 bridgehead atoms. The van der Waals surface area contributed by atoms with Gasteiger partial charge in [-0.3, -0.25) is 0 Å². The number of nitrogens with one attached hydrogen (secondary N) is 1. The van der Waals surface area contributed by atoms with Crippen LogP contribution in [0, 0.1) is 3.57 Å². The molecule has 1 saturated carbocycles. The second-order valence-corrected chi connectivity index (χ2v) is 7.07. The van der Waals surface area contributed by atoms with Gasteiger partial charge in [-0.15, -0.1) is 0 Å². The van der Waals surface area contributed by atoms with Crippen LogP contribution in [0.5, 0.6) is 0 Å². The molecule has 0 aliphatic heterocycles. The Kier molecular flexibility index (Phi) is 5.18. The lowest BCUT2D eigenvalue weighted by atomic mass is 10.1. The van der Waals surface area contributed by atoms with E-state index < -0.39 is 0 Å². The summed E-state index contributed by atoms with van der Waals surface area (Å²) in [5.74, 6) is 0. The quantitative estimate of drug-likeness (QED) is 0.806. The van der Waals surface area contributed by atoms with Gasteiger partial charge in [0.25, 0.3) is 0 Å². The van der Waals surface area contributed by atoms with Crippen molar-refractivity contribution in [2.45, 2.75) is 43.5 Å². The average Bonchev–Trinajstić information content (AvgIpc) is 2.77. The van der Waals surface area contributed by atoms with Crippen LogP contribution in [-0.2, 0) is 0 Å². The standard InChI is InChI=1S/C14H20INS/c1-10(11-6-8-12(15)9-7-11)16-13-4-3-5-14(13)17-2/h6-10,13-14,16H,3-5H2,1-2H3. The van der Waals surface area contributed by atoms with Gasteiger partial charge in [0.1, 0.15) is 0 Å². The number of rotatable bonds is 4. The highest BCUT2D eigenvalue weighted by Crippen LogP contribution is 2.30. The fraction of sp³-hybridized carbons (Fsp3) is 0.571. The van der Waals surface area contributed by atoms with Gasteiger partial charge in [0.15, 0.2) is 0 Å². The lowest BCUT2D eigenvalue weighted by Gasteiger charge is -2.24. The summed E-state index contributed by atoms with van der Waals surface area (Å²) in [6.45, 7) is 2.28. The summed E-state index contributed by atoms with van der Waals surface area (Å²) in [5.41, 5.74) is 1.40. The van der Waals surface area contributed by atoms with Gasteiger partial charge < -0.3 is 5.32 Å². The molecule has 1 fully saturated rings. The van der Waals surface area contributed by atoms with Crippen LogP contribution in [0.3, 0.4) is 0 Å². The Balaban J connectivity index is 1.96. The summed E-state index contributed by atoms with van der Waals surface area (Å²) in [4.78, 5) is 0. The van der Waals surface area contributed by atoms with Gasteiger partial charge in [0.05, 0.1) is 0 Å². The Morgan fingerprint density at radius 1 is 1.29 bits per heavy atom. The molecular formula is C14H20INS. The second kappa shape index (κ2) is 6.43. The van der Waals surface area contributed by atoms with Crippen molar-refractivity contribution in [2.24, 2.45) is 0 Å². The Labute approximate surface area is 122 Å². The van der Waals surface area contributed by atoms with E-state index in [1.165, 1.54) is 28.4 Å². The molecule has 1 aromatic carbocycles. The van der Waals surface area contributed by atoms with E-state index in [4.69, 9.17) is 0 Å². The predicted molar refractivity (Wildman–Crippen MR) is 85.7 cm³/mol. The van der Waals surface area contributed by atoms with Crippen LogP contribution in [-0.4, -0.2) is 17.5 Å². The summed E-state index contributed by atoms with van der Waals surface area (Å²) in [6, 6.07) is 10.0. The third-order valence-electron chi connectivity index (χ3n) is 3.59. The maximum atomic E-state index is 3.79. The summed E-state index contributed by atoms with van der Waals surface area (Å²) < 4.78 is 1.31. The van der Waals surface area contributed by atoms with Gasteiger partial charge in [0, 0.05) is 20.9 Å². The van der Waals surface area contributed by atoms with Crippen molar-refractivity contribution in [3.63, 3.8) is 0 Å². The minimum atomic E-state index is 0.463. The van der Waals surface area contributed by atoms with Crippen LogP contribution in [0.1, 0.15) is 37.8 Å². The van der Waals surface area contributed by atoms with Crippen LogP contribution in [0.4, 0.5) is 0 Å². The molecule has 1 N–H and O–H groups in total. The molecule has 0 heterocycles. The van der Waals surface area contributed by atoms with Gasteiger partial charge >= 0.3 is 0 Å². The number of hydrogen-bond donors (Lipinski definition) is 1. The average molecular weight is 361 g/mol. The van der Waals surface area contributed by atoms with Crippen LogP contribution in [0.25, 0.3) is 0 Å². The molecule has 0 radical (unpaired) electrons. The van der Waals surface area contributed by atoms with Gasteiger partial charge in [-0.1, -0.05) is 18.6 Å². The molecule has 3 heteroatoms. The second-order valence-electron chi connectivity index (χ2n) is 4.75. The molecule has 0 spiro atoms. The Morgan fingerprint density at radius 2 is 2.00 bits per heavy atom. The number of thioether (sulfide) groups is 1. The normalized spacial score (nSPS) is 26.1. The minimum absolute atomic E-state index is 0.463. The smallest absolute Gasteiger partial charge is 0.0294 e. The van der Waals surface area contributed by atoms with E-state index >= 15 is 0 Å². The molecule has 3 atom stereocenters. The zero-order valence-electron chi connectivity index (χ0n) is 10.4. The first kappa shape index (κ1) is 13.7. The van der Waals surface area contributed by atoms with Crippen molar-refractivity contribution < 1.29 is 0 Å². The van der Waals surface area contributed by atoms with E-state index in [0.717, 1.165) is 5.25 Å². The molecule has 0 aromatic heterocycles. The molecule has 1 aliphatic carbocycles. The van der Waals surface area contributed by atoms with Crippen molar-refractivity contribution >= 4 is 34.4 Å². The predicted octanol–water partition coefficient (Wildman–Crippen LogP) is 4.23. The van der Waals surface area contributed by atoms with Gasteiger partial charge in [-0.2, -0.15) is 11.8 Å². The molecule has 17 heavy (non-hydrogen) atoms. The molecular weight excluding hydrogens is 341 g/mol. The van der Waals surface area contributed by atoms with E-state index in [9.17, 15) is 0 Å². The molecule has 0 amide bonds. The van der Waals surface area contributed by atoms with Crippen LogP contribution in [0.2, 0.25) is 0 Å². The van der Waals surface area contributed by atoms with Crippen molar-refractivity contribution in [1.82, 2.24) is 5.32 Å². The van der Waals surface area contributed by atoms with E-state index in [1.807, 2.05) is 11.8 Å². The first-order valence-corrected chi connectivity index (χ1v) is 8.61. The molecule has 3 unspecified atom stereocenters. The van der Waals surface area contributed by atoms with Crippen molar-refractivity contribution in [3.8, 4) is 0 Å². The monoisotopic (exact) mass is 361 g/mol. The van der Waals surface area contributed by atoms with E-state index in [0.29, 0.717) is 12.1 Å². The Morgan fingerprint density at radius 3 is 2.65 bits per heavy atom. The molecule has 0 saturated heterocycles. The van der Waals surface area contributed by atoms with Gasteiger partial charge in [0.2, 0.25) is 0 Å². The van der Waals surface area contributed by atoms with Crippen LogP contribution >= 0.6 is 34.4 Å². The Hall–Kier alpha value is 0.260. The summed E-state index contributed by atoms with van der Waals surface area (Å²) >= 11 is 4.37. The van der Waals surface area contributed by atoms with E-state index in [-0.39, 0.29) is 0 Å². The number of halogens is 1. The zero-order valence-corrected chi connectivity index (χ0v) is 13.4. The highest BCUT2D eigenvalue weighted by atomic mass is 127. The lowest BCUT2D eigenvalue weighted by Crippen LogP contribution is -2.35. The van der Waals surface area contributed by atoms with Crippen molar-refractivity contribution in [3.05, 3.63) is 33.4 Å². The molecule has 1 aromatic rings. The molecule has 1 aliphatic rings. The maximum absolute atomic E-state index is 3.79. The summed E-state index contributed by atoms with van der Waals surface area (Å²) in [6.07, 6.45) is 6.32. The largest absolute Gasteiger partial charge is 0.306 e. The summed E-state index contributed by atoms with van der Waals surface area (Å²) in [7, 11) is 0. The van der Waals surface area contributed by atoms with Crippen molar-refractivity contribution in [2.75, 3.05) is 6.26 Å². The summed E-state index contributed by atoms with van der Waals surface area (Å²) in [5, 5.41) is 4.60. The number of benzene rings is 1. The maximum Gasteiger partial charge on any atom is 0.0294 e. The lowest BCUT2D eigenvalue weighted by molar-refractivity contribution is 0.467.